The Morgan fingerprint density at radius 3 is 2.48 bits per heavy atom. The number of benzene rings is 1. The van der Waals surface area contributed by atoms with Crippen molar-refractivity contribution < 1.29 is 19.1 Å². The largest absolute Gasteiger partial charge is 0.497 e. The van der Waals surface area contributed by atoms with E-state index < -0.39 is 6.04 Å². The Hall–Kier alpha value is -2.24. The highest BCUT2D eigenvalue weighted by Crippen LogP contribution is 2.34. The van der Waals surface area contributed by atoms with Crippen molar-refractivity contribution >= 4 is 17.5 Å². The van der Waals surface area contributed by atoms with Gasteiger partial charge in [0.05, 0.1) is 19.9 Å². The summed E-state index contributed by atoms with van der Waals surface area (Å²) in [6.07, 6.45) is 0. The van der Waals surface area contributed by atoms with E-state index in [1.807, 2.05) is 13.8 Å². The molecule has 126 valence electrons. The van der Waals surface area contributed by atoms with Crippen LogP contribution in [0.5, 0.6) is 11.5 Å². The Morgan fingerprint density at radius 1 is 1.22 bits per heavy atom. The molecule has 1 fully saturated rings. The molecule has 0 unspecified atom stereocenters. The van der Waals surface area contributed by atoms with Gasteiger partial charge in [-0.3, -0.25) is 9.59 Å². The highest BCUT2D eigenvalue weighted by atomic mass is 16.5. The van der Waals surface area contributed by atoms with E-state index in [-0.39, 0.29) is 17.7 Å². The van der Waals surface area contributed by atoms with Crippen molar-refractivity contribution in [3.63, 3.8) is 0 Å². The molecule has 1 atom stereocenters. The molecule has 6 heteroatoms. The van der Waals surface area contributed by atoms with Gasteiger partial charge in [-0.25, -0.2) is 0 Å². The minimum absolute atomic E-state index is 0.00288. The molecule has 1 aliphatic heterocycles. The van der Waals surface area contributed by atoms with Gasteiger partial charge >= 0.3 is 0 Å². The van der Waals surface area contributed by atoms with E-state index in [0.717, 1.165) is 0 Å². The predicted octanol–water partition coefficient (Wildman–Crippen LogP) is 1.92. The number of nitrogens with zero attached hydrogens (tertiary/aromatic N) is 2. The van der Waals surface area contributed by atoms with Gasteiger partial charge in [0.2, 0.25) is 11.8 Å². The lowest BCUT2D eigenvalue weighted by molar-refractivity contribution is -0.143. The first kappa shape index (κ1) is 17.1. The molecule has 0 aliphatic carbocycles. The summed E-state index contributed by atoms with van der Waals surface area (Å²) in [5.74, 6) is 1.03. The molecule has 0 bridgehead atoms. The monoisotopic (exact) mass is 320 g/mol. The second kappa shape index (κ2) is 6.89. The van der Waals surface area contributed by atoms with Crippen molar-refractivity contribution in [2.24, 2.45) is 5.92 Å². The topological polar surface area (TPSA) is 59.1 Å². The average molecular weight is 320 g/mol. The number of anilines is 1. The number of carbonyl (C=O) groups is 2. The van der Waals surface area contributed by atoms with Gasteiger partial charge in [0.1, 0.15) is 17.5 Å². The molecule has 2 rings (SSSR count). The van der Waals surface area contributed by atoms with Crippen LogP contribution in [0.15, 0.2) is 18.2 Å². The normalized spacial score (nSPS) is 18.3. The summed E-state index contributed by atoms with van der Waals surface area (Å²) < 4.78 is 10.6. The van der Waals surface area contributed by atoms with Crippen LogP contribution in [0.1, 0.15) is 20.8 Å². The second-order valence-corrected chi connectivity index (χ2v) is 5.89. The van der Waals surface area contributed by atoms with Crippen LogP contribution < -0.4 is 14.4 Å². The van der Waals surface area contributed by atoms with Crippen molar-refractivity contribution in [2.45, 2.75) is 26.8 Å². The van der Waals surface area contributed by atoms with Crippen LogP contribution in [0.25, 0.3) is 0 Å². The number of carbonyl (C=O) groups excluding carboxylic acids is 2. The Kier molecular flexibility index (Phi) is 5.13. The molecule has 0 saturated carbocycles. The van der Waals surface area contributed by atoms with Gasteiger partial charge in [-0.2, -0.15) is 0 Å². The first-order valence-electron chi connectivity index (χ1n) is 7.74. The van der Waals surface area contributed by atoms with Gasteiger partial charge in [0.15, 0.2) is 0 Å². The smallest absolute Gasteiger partial charge is 0.249 e. The number of methoxy groups -OCH3 is 2. The minimum atomic E-state index is -0.491. The number of amides is 2. The van der Waals surface area contributed by atoms with Gasteiger partial charge in [-0.05, 0) is 19.1 Å². The predicted molar refractivity (Wildman–Crippen MR) is 87.9 cm³/mol. The van der Waals surface area contributed by atoms with Crippen LogP contribution in [0, 0.1) is 5.92 Å². The van der Waals surface area contributed by atoms with Crippen LogP contribution in [-0.2, 0) is 9.59 Å². The van der Waals surface area contributed by atoms with Crippen molar-refractivity contribution in [1.82, 2.24) is 4.90 Å². The molecule has 1 aromatic rings. The van der Waals surface area contributed by atoms with Crippen LogP contribution in [0.4, 0.5) is 5.69 Å². The highest BCUT2D eigenvalue weighted by Gasteiger charge is 2.36. The average Bonchev–Trinajstić information content (AvgIpc) is 2.56. The van der Waals surface area contributed by atoms with Crippen LogP contribution >= 0.6 is 0 Å². The summed E-state index contributed by atoms with van der Waals surface area (Å²) >= 11 is 0. The second-order valence-electron chi connectivity index (χ2n) is 5.89. The molecule has 2 amide bonds. The SMILES string of the molecule is COc1ccc(OC)c(N2CCN(C(=O)C(C)C)[C@@H](C)C2=O)c1. The molecule has 1 aliphatic rings. The zero-order valence-corrected chi connectivity index (χ0v) is 14.3. The van der Waals surface area contributed by atoms with Gasteiger partial charge < -0.3 is 19.3 Å². The van der Waals surface area contributed by atoms with E-state index in [2.05, 4.69) is 0 Å². The van der Waals surface area contributed by atoms with Crippen LogP contribution in [0.3, 0.4) is 0 Å². The van der Waals surface area contributed by atoms with E-state index in [9.17, 15) is 9.59 Å². The maximum Gasteiger partial charge on any atom is 0.249 e. The summed E-state index contributed by atoms with van der Waals surface area (Å²) in [6.45, 7) is 6.39. The van der Waals surface area contributed by atoms with Gasteiger partial charge in [0.25, 0.3) is 0 Å². The lowest BCUT2D eigenvalue weighted by Crippen LogP contribution is -2.58. The van der Waals surface area contributed by atoms with E-state index in [1.165, 1.54) is 0 Å². The number of ether oxygens (including phenoxy) is 2. The Labute approximate surface area is 137 Å². The first-order chi connectivity index (χ1) is 10.9. The summed E-state index contributed by atoms with van der Waals surface area (Å²) in [5, 5.41) is 0. The third-order valence-electron chi connectivity index (χ3n) is 4.11. The fourth-order valence-corrected chi connectivity index (χ4v) is 2.75. The van der Waals surface area contributed by atoms with E-state index in [1.54, 1.807) is 49.1 Å². The molecule has 0 aromatic heterocycles. The molecular weight excluding hydrogens is 296 g/mol. The summed E-state index contributed by atoms with van der Waals surface area (Å²) in [7, 11) is 3.15. The fraction of sp³-hybridized carbons (Fsp3) is 0.529. The van der Waals surface area contributed by atoms with Gasteiger partial charge in [0, 0.05) is 25.1 Å². The molecule has 1 aromatic carbocycles. The van der Waals surface area contributed by atoms with Crippen molar-refractivity contribution in [1.29, 1.82) is 0 Å². The third-order valence-corrected chi connectivity index (χ3v) is 4.11. The fourth-order valence-electron chi connectivity index (χ4n) is 2.75. The van der Waals surface area contributed by atoms with E-state index in [0.29, 0.717) is 30.3 Å². The lowest BCUT2D eigenvalue weighted by Gasteiger charge is -2.40. The minimum Gasteiger partial charge on any atom is -0.497 e. The van der Waals surface area contributed by atoms with Crippen LogP contribution in [-0.4, -0.2) is 50.1 Å². The molecule has 0 N–H and O–H groups in total. The Bertz CT molecular complexity index is 600. The molecule has 0 spiro atoms. The number of hydrogen-bond acceptors (Lipinski definition) is 4. The molecule has 0 radical (unpaired) electrons. The Balaban J connectivity index is 2.30. The summed E-state index contributed by atoms with van der Waals surface area (Å²) in [4.78, 5) is 28.3. The highest BCUT2D eigenvalue weighted by molar-refractivity contribution is 6.01. The maximum absolute atomic E-state index is 12.8. The molecular formula is C17H24N2O4. The van der Waals surface area contributed by atoms with E-state index >= 15 is 0 Å². The number of piperazine rings is 1. The van der Waals surface area contributed by atoms with Crippen molar-refractivity contribution in [3.05, 3.63) is 18.2 Å². The summed E-state index contributed by atoms with van der Waals surface area (Å²) in [5.41, 5.74) is 0.667. The lowest BCUT2D eigenvalue weighted by atomic mass is 10.1. The zero-order chi connectivity index (χ0) is 17.1. The first-order valence-corrected chi connectivity index (χ1v) is 7.74. The van der Waals surface area contributed by atoms with Gasteiger partial charge in [-0.15, -0.1) is 0 Å². The van der Waals surface area contributed by atoms with Crippen molar-refractivity contribution in [2.75, 3.05) is 32.2 Å². The zero-order valence-electron chi connectivity index (χ0n) is 14.3. The standard InChI is InChI=1S/C17H24N2O4/c1-11(2)16(20)18-8-9-19(17(21)12(18)3)14-10-13(22-4)6-7-15(14)23-5/h6-7,10-12H,8-9H2,1-5H3/t12-/m0/s1. The van der Waals surface area contributed by atoms with Gasteiger partial charge in [-0.1, -0.05) is 13.8 Å². The number of hydrogen-bond donors (Lipinski definition) is 0. The van der Waals surface area contributed by atoms with E-state index in [4.69, 9.17) is 9.47 Å². The molecule has 23 heavy (non-hydrogen) atoms. The maximum atomic E-state index is 12.8. The summed E-state index contributed by atoms with van der Waals surface area (Å²) in [6, 6.07) is 4.85. The molecule has 1 heterocycles. The van der Waals surface area contributed by atoms with Crippen LogP contribution in [0.2, 0.25) is 0 Å². The third kappa shape index (κ3) is 3.25. The molecule has 1 saturated heterocycles. The Morgan fingerprint density at radius 2 is 1.91 bits per heavy atom. The number of rotatable bonds is 4. The quantitative estimate of drug-likeness (QED) is 0.850. The molecule has 6 nitrogen and oxygen atoms in total. The van der Waals surface area contributed by atoms with Crippen molar-refractivity contribution in [3.8, 4) is 11.5 Å².